The average molecular weight is 274 g/mol. The zero-order chi connectivity index (χ0) is 12.6. The van der Waals surface area contributed by atoms with E-state index in [9.17, 15) is 5.11 Å². The van der Waals surface area contributed by atoms with Crippen molar-refractivity contribution in [2.75, 3.05) is 0 Å². The summed E-state index contributed by atoms with van der Waals surface area (Å²) in [5, 5.41) is 14.9. The molecule has 0 saturated carbocycles. The number of nitrogens with one attached hydrogen (secondary N) is 1. The minimum atomic E-state index is -0.582. The second-order valence-electron chi connectivity index (χ2n) is 5.28. The Labute approximate surface area is 112 Å². The van der Waals surface area contributed by atoms with Crippen LogP contribution in [0.25, 0.3) is 0 Å². The molecule has 94 valence electrons. The molecule has 4 heteroatoms. The van der Waals surface area contributed by atoms with Gasteiger partial charge in [-0.25, -0.2) is 0 Å². The zero-order valence-electron chi connectivity index (χ0n) is 10.0. The molecule has 0 amide bonds. The van der Waals surface area contributed by atoms with Gasteiger partial charge in [0.25, 0.3) is 0 Å². The van der Waals surface area contributed by atoms with E-state index in [2.05, 4.69) is 19.2 Å². The number of halogens is 2. The second kappa shape index (κ2) is 4.77. The highest BCUT2D eigenvalue weighted by Gasteiger charge is 2.35. The van der Waals surface area contributed by atoms with Gasteiger partial charge in [-0.15, -0.1) is 0 Å². The summed E-state index contributed by atoms with van der Waals surface area (Å²) in [6, 6.07) is 5.28. The van der Waals surface area contributed by atoms with Gasteiger partial charge in [0.1, 0.15) is 0 Å². The molecule has 0 radical (unpaired) electrons. The van der Waals surface area contributed by atoms with Gasteiger partial charge in [-0.1, -0.05) is 29.3 Å². The number of aliphatic hydroxyl groups excluding tert-OH is 1. The number of rotatable bonds is 2. The minimum absolute atomic E-state index is 0.0590. The Kier molecular flexibility index (Phi) is 3.69. The molecular weight excluding hydrogens is 257 g/mol. The number of aliphatic hydroxyl groups is 1. The van der Waals surface area contributed by atoms with Gasteiger partial charge in [0.15, 0.2) is 0 Å². The molecule has 0 unspecified atom stereocenters. The lowest BCUT2D eigenvalue weighted by molar-refractivity contribution is 0.132. The Hall–Kier alpha value is -0.280. The summed E-state index contributed by atoms with van der Waals surface area (Å²) < 4.78 is 0. The van der Waals surface area contributed by atoms with E-state index in [4.69, 9.17) is 23.2 Å². The standard InChI is InChI=1S/C13H17Cl2NO/c1-13(2)6-5-11(16-13)12(17)9-4-3-8(14)7-10(9)15/h3-4,7,11-12,16-17H,5-6H2,1-2H3/t11-,12-/m1/s1. The Morgan fingerprint density at radius 3 is 2.65 bits per heavy atom. The van der Waals surface area contributed by atoms with Gasteiger partial charge < -0.3 is 10.4 Å². The van der Waals surface area contributed by atoms with Crippen LogP contribution in [-0.4, -0.2) is 16.7 Å². The maximum absolute atomic E-state index is 10.3. The van der Waals surface area contributed by atoms with E-state index in [1.54, 1.807) is 18.2 Å². The highest BCUT2D eigenvalue weighted by Crippen LogP contribution is 2.34. The highest BCUT2D eigenvalue weighted by molar-refractivity contribution is 6.35. The number of benzene rings is 1. The summed E-state index contributed by atoms with van der Waals surface area (Å²) in [5.41, 5.74) is 0.830. The van der Waals surface area contributed by atoms with Crippen LogP contribution in [0, 0.1) is 0 Å². The molecule has 1 aromatic carbocycles. The second-order valence-corrected chi connectivity index (χ2v) is 6.13. The van der Waals surface area contributed by atoms with Gasteiger partial charge in [-0.2, -0.15) is 0 Å². The molecule has 2 atom stereocenters. The number of hydrogen-bond donors (Lipinski definition) is 2. The van der Waals surface area contributed by atoms with Crippen LogP contribution in [0.2, 0.25) is 10.0 Å². The van der Waals surface area contributed by atoms with Crippen molar-refractivity contribution >= 4 is 23.2 Å². The van der Waals surface area contributed by atoms with Crippen molar-refractivity contribution in [1.29, 1.82) is 0 Å². The fourth-order valence-corrected chi connectivity index (χ4v) is 2.88. The van der Waals surface area contributed by atoms with Crippen LogP contribution in [0.3, 0.4) is 0 Å². The maximum atomic E-state index is 10.3. The van der Waals surface area contributed by atoms with E-state index in [0.717, 1.165) is 18.4 Å². The van der Waals surface area contributed by atoms with Gasteiger partial charge in [-0.3, -0.25) is 0 Å². The van der Waals surface area contributed by atoms with Gasteiger partial charge >= 0.3 is 0 Å². The lowest BCUT2D eigenvalue weighted by atomic mass is 10.00. The first-order valence-corrected chi connectivity index (χ1v) is 6.55. The topological polar surface area (TPSA) is 32.3 Å². The maximum Gasteiger partial charge on any atom is 0.0957 e. The summed E-state index contributed by atoms with van der Waals surface area (Å²) in [4.78, 5) is 0. The van der Waals surface area contributed by atoms with Crippen molar-refractivity contribution < 1.29 is 5.11 Å². The van der Waals surface area contributed by atoms with E-state index in [-0.39, 0.29) is 11.6 Å². The van der Waals surface area contributed by atoms with Crippen molar-refractivity contribution in [2.45, 2.75) is 44.4 Å². The van der Waals surface area contributed by atoms with Crippen molar-refractivity contribution in [1.82, 2.24) is 5.32 Å². The predicted octanol–water partition coefficient (Wildman–Crippen LogP) is 3.56. The van der Waals surface area contributed by atoms with E-state index < -0.39 is 6.10 Å². The normalized spacial score (nSPS) is 24.9. The average Bonchev–Trinajstić information content (AvgIpc) is 2.58. The molecular formula is C13H17Cl2NO. The molecule has 1 aromatic rings. The molecule has 1 aliphatic heterocycles. The van der Waals surface area contributed by atoms with Crippen LogP contribution in [0.15, 0.2) is 18.2 Å². The van der Waals surface area contributed by atoms with Crippen LogP contribution in [0.4, 0.5) is 0 Å². The van der Waals surface area contributed by atoms with Crippen molar-refractivity contribution in [3.63, 3.8) is 0 Å². The molecule has 17 heavy (non-hydrogen) atoms. The van der Waals surface area contributed by atoms with Crippen LogP contribution < -0.4 is 5.32 Å². The summed E-state index contributed by atoms with van der Waals surface area (Å²) in [7, 11) is 0. The van der Waals surface area contributed by atoms with Crippen molar-refractivity contribution in [3.8, 4) is 0 Å². The first-order valence-electron chi connectivity index (χ1n) is 5.80. The van der Waals surface area contributed by atoms with Crippen LogP contribution in [0.1, 0.15) is 38.4 Å². The molecule has 2 nitrogen and oxygen atoms in total. The Morgan fingerprint density at radius 2 is 2.12 bits per heavy atom. The summed E-state index contributed by atoms with van der Waals surface area (Å²) in [6.45, 7) is 4.28. The molecule has 2 N–H and O–H groups in total. The Bertz CT molecular complexity index is 420. The third-order valence-corrected chi connectivity index (χ3v) is 3.88. The molecule has 2 rings (SSSR count). The molecule has 1 saturated heterocycles. The molecule has 0 aliphatic carbocycles. The monoisotopic (exact) mass is 273 g/mol. The summed E-state index contributed by atoms with van der Waals surface area (Å²) in [5.74, 6) is 0. The molecule has 0 spiro atoms. The largest absolute Gasteiger partial charge is 0.387 e. The van der Waals surface area contributed by atoms with Gasteiger partial charge in [0.2, 0.25) is 0 Å². The van der Waals surface area contributed by atoms with Gasteiger partial charge in [-0.05, 0) is 38.8 Å². The molecule has 1 fully saturated rings. The fourth-order valence-electron chi connectivity index (χ4n) is 2.36. The first kappa shape index (κ1) is 13.2. The molecule has 1 heterocycles. The van der Waals surface area contributed by atoms with Crippen molar-refractivity contribution in [2.24, 2.45) is 0 Å². The van der Waals surface area contributed by atoms with Crippen LogP contribution >= 0.6 is 23.2 Å². The number of hydrogen-bond acceptors (Lipinski definition) is 2. The quantitative estimate of drug-likeness (QED) is 0.864. The lowest BCUT2D eigenvalue weighted by Gasteiger charge is -2.24. The van der Waals surface area contributed by atoms with E-state index >= 15 is 0 Å². The Balaban J connectivity index is 2.17. The van der Waals surface area contributed by atoms with Crippen LogP contribution in [-0.2, 0) is 0 Å². The smallest absolute Gasteiger partial charge is 0.0957 e. The fraction of sp³-hybridized carbons (Fsp3) is 0.538. The predicted molar refractivity (Wildman–Crippen MR) is 71.7 cm³/mol. The van der Waals surface area contributed by atoms with E-state index in [0.29, 0.717) is 10.0 Å². The van der Waals surface area contributed by atoms with E-state index in [1.165, 1.54) is 0 Å². The van der Waals surface area contributed by atoms with E-state index in [1.807, 2.05) is 0 Å². The zero-order valence-corrected chi connectivity index (χ0v) is 11.5. The van der Waals surface area contributed by atoms with Gasteiger partial charge in [0.05, 0.1) is 6.10 Å². The first-order chi connectivity index (χ1) is 7.89. The molecule has 1 aliphatic rings. The summed E-state index contributed by atoms with van der Waals surface area (Å²) in [6.07, 6.45) is 1.43. The third kappa shape index (κ3) is 2.94. The Morgan fingerprint density at radius 1 is 1.41 bits per heavy atom. The summed E-state index contributed by atoms with van der Waals surface area (Å²) >= 11 is 11.9. The van der Waals surface area contributed by atoms with Crippen LogP contribution in [0.5, 0.6) is 0 Å². The van der Waals surface area contributed by atoms with Crippen molar-refractivity contribution in [3.05, 3.63) is 33.8 Å². The minimum Gasteiger partial charge on any atom is -0.387 e. The molecule has 0 bridgehead atoms. The SMILES string of the molecule is CC1(C)CC[C@H]([C@H](O)c2ccc(Cl)cc2Cl)N1. The lowest BCUT2D eigenvalue weighted by Crippen LogP contribution is -2.40. The third-order valence-electron chi connectivity index (χ3n) is 3.32. The highest BCUT2D eigenvalue weighted by atomic mass is 35.5. The van der Waals surface area contributed by atoms with Gasteiger partial charge in [0, 0.05) is 27.2 Å². The molecule has 0 aromatic heterocycles.